The number of amides is 3. The smallest absolute Gasteiger partial charge is 0.322 e. The van der Waals surface area contributed by atoms with Crippen molar-refractivity contribution >= 4 is 17.6 Å². The Labute approximate surface area is 215 Å². The van der Waals surface area contributed by atoms with Gasteiger partial charge in [-0.2, -0.15) is 0 Å². The van der Waals surface area contributed by atoms with Gasteiger partial charge in [0, 0.05) is 18.7 Å². The monoisotopic (exact) mass is 509 g/mol. The van der Waals surface area contributed by atoms with Crippen molar-refractivity contribution in [2.75, 3.05) is 32.9 Å². The molecule has 196 valence electrons. The summed E-state index contributed by atoms with van der Waals surface area (Å²) < 4.78 is 27.0. The molecular weight excluding hydrogens is 478 g/mol. The zero-order valence-corrected chi connectivity index (χ0v) is 21.4. The van der Waals surface area contributed by atoms with Crippen LogP contribution in [0.15, 0.2) is 59.2 Å². The Morgan fingerprint density at radius 2 is 1.81 bits per heavy atom. The number of fused-ring (bicyclic) bond motifs is 1. The molecule has 1 aliphatic heterocycles. The Morgan fingerprint density at radius 1 is 1.00 bits per heavy atom. The van der Waals surface area contributed by atoms with Gasteiger partial charge in [0.15, 0.2) is 11.5 Å². The van der Waals surface area contributed by atoms with E-state index < -0.39 is 6.03 Å². The molecule has 10 nitrogen and oxygen atoms in total. The number of benzene rings is 2. The Bertz CT molecular complexity index is 1230. The van der Waals surface area contributed by atoms with Gasteiger partial charge in [-0.3, -0.25) is 4.79 Å². The highest BCUT2D eigenvalue weighted by Gasteiger charge is 2.26. The molecule has 4 rings (SSSR count). The summed E-state index contributed by atoms with van der Waals surface area (Å²) in [6.07, 6.45) is 1.56. The zero-order chi connectivity index (χ0) is 26.4. The van der Waals surface area contributed by atoms with Crippen LogP contribution >= 0.6 is 0 Å². The second-order valence-corrected chi connectivity index (χ2v) is 8.73. The van der Waals surface area contributed by atoms with Crippen molar-refractivity contribution in [3.63, 3.8) is 0 Å². The van der Waals surface area contributed by atoms with Gasteiger partial charge in [0.25, 0.3) is 0 Å². The summed E-state index contributed by atoms with van der Waals surface area (Å²) in [5, 5.41) is 2.85. The van der Waals surface area contributed by atoms with Crippen LogP contribution in [-0.4, -0.2) is 55.3 Å². The molecule has 0 aliphatic carbocycles. The number of nitrogens with one attached hydrogen (secondary N) is 1. The number of anilines is 1. The summed E-state index contributed by atoms with van der Waals surface area (Å²) in [5.74, 6) is 2.76. The maximum absolute atomic E-state index is 13.6. The van der Waals surface area contributed by atoms with Gasteiger partial charge in [-0.05, 0) is 55.8 Å². The lowest BCUT2D eigenvalue weighted by atomic mass is 10.1. The minimum Gasteiger partial charge on any atom is -0.497 e. The molecule has 10 heteroatoms. The number of hydrogen-bond acceptors (Lipinski definition) is 7. The Balaban J connectivity index is 1.51. The first kappa shape index (κ1) is 25.7. The molecule has 0 spiro atoms. The number of carbonyl (C=O) groups excluding carboxylic acids is 2. The molecule has 3 aromatic rings. The molecule has 0 unspecified atom stereocenters. The highest BCUT2D eigenvalue weighted by atomic mass is 16.7. The molecule has 2 heterocycles. The minimum absolute atomic E-state index is 0.132. The van der Waals surface area contributed by atoms with Crippen LogP contribution in [0.1, 0.15) is 25.2 Å². The van der Waals surface area contributed by atoms with E-state index in [1.807, 2.05) is 38.1 Å². The quantitative estimate of drug-likeness (QED) is 0.429. The number of hydrogen-bond donors (Lipinski definition) is 1. The molecular formula is C27H31N3O7. The van der Waals surface area contributed by atoms with Crippen molar-refractivity contribution in [3.8, 4) is 23.0 Å². The second-order valence-electron chi connectivity index (χ2n) is 8.73. The standard InChI is InChI=1S/C27H31N3O7/c1-18(2)30(27(32)28-22-9-8-20(33-3)13-24(22)34-4)16-26(31)29(15-21-6-5-11-35-21)14-19-7-10-23-25(12-19)37-17-36-23/h5-13,18H,14-17H2,1-4H3,(H,28,32). The molecule has 3 amide bonds. The van der Waals surface area contributed by atoms with Crippen molar-refractivity contribution in [3.05, 3.63) is 66.1 Å². The molecule has 1 N–H and O–H groups in total. The molecule has 0 saturated heterocycles. The van der Waals surface area contributed by atoms with Crippen LogP contribution in [0.2, 0.25) is 0 Å². The minimum atomic E-state index is -0.423. The third-order valence-corrected chi connectivity index (χ3v) is 5.93. The van der Waals surface area contributed by atoms with E-state index in [9.17, 15) is 9.59 Å². The van der Waals surface area contributed by atoms with E-state index in [4.69, 9.17) is 23.4 Å². The fraction of sp³-hybridized carbons (Fsp3) is 0.333. The van der Waals surface area contributed by atoms with Gasteiger partial charge in [0.2, 0.25) is 12.7 Å². The first-order chi connectivity index (χ1) is 17.9. The number of nitrogens with zero attached hydrogens (tertiary/aromatic N) is 2. The van der Waals surface area contributed by atoms with Crippen LogP contribution in [0.3, 0.4) is 0 Å². The van der Waals surface area contributed by atoms with Crippen LogP contribution in [0.25, 0.3) is 0 Å². The molecule has 0 radical (unpaired) electrons. The van der Waals surface area contributed by atoms with Crippen LogP contribution in [0.4, 0.5) is 10.5 Å². The van der Waals surface area contributed by atoms with Gasteiger partial charge >= 0.3 is 6.03 Å². The van der Waals surface area contributed by atoms with Crippen LogP contribution in [0.5, 0.6) is 23.0 Å². The molecule has 1 aliphatic rings. The number of carbonyl (C=O) groups is 2. The normalized spacial score (nSPS) is 11.8. The number of methoxy groups -OCH3 is 2. The molecule has 2 aromatic carbocycles. The molecule has 0 saturated carbocycles. The molecule has 1 aromatic heterocycles. The fourth-order valence-electron chi connectivity index (χ4n) is 3.91. The first-order valence-corrected chi connectivity index (χ1v) is 11.9. The zero-order valence-electron chi connectivity index (χ0n) is 21.4. The summed E-state index contributed by atoms with van der Waals surface area (Å²) in [6, 6.07) is 13.6. The van der Waals surface area contributed by atoms with Gasteiger partial charge in [-0.15, -0.1) is 0 Å². The third kappa shape index (κ3) is 6.27. The summed E-state index contributed by atoms with van der Waals surface area (Å²) in [5.41, 5.74) is 1.34. The summed E-state index contributed by atoms with van der Waals surface area (Å²) >= 11 is 0. The van der Waals surface area contributed by atoms with Gasteiger partial charge in [0.05, 0.1) is 32.7 Å². The molecule has 0 bridgehead atoms. The highest BCUT2D eigenvalue weighted by Crippen LogP contribution is 2.33. The summed E-state index contributed by atoms with van der Waals surface area (Å²) in [6.45, 7) is 4.30. The Hall–Kier alpha value is -4.34. The van der Waals surface area contributed by atoms with E-state index >= 15 is 0 Å². The van der Waals surface area contributed by atoms with E-state index in [-0.39, 0.29) is 31.8 Å². The summed E-state index contributed by atoms with van der Waals surface area (Å²) in [7, 11) is 3.06. The first-order valence-electron chi connectivity index (χ1n) is 11.9. The van der Waals surface area contributed by atoms with Gasteiger partial charge < -0.3 is 38.5 Å². The van der Waals surface area contributed by atoms with E-state index in [2.05, 4.69) is 5.32 Å². The van der Waals surface area contributed by atoms with Gasteiger partial charge in [0.1, 0.15) is 23.8 Å². The van der Waals surface area contributed by atoms with E-state index in [0.717, 1.165) is 5.56 Å². The lowest BCUT2D eigenvalue weighted by Gasteiger charge is -2.30. The predicted octanol–water partition coefficient (Wildman–Crippen LogP) is 4.50. The lowest BCUT2D eigenvalue weighted by molar-refractivity contribution is -0.133. The lowest BCUT2D eigenvalue weighted by Crippen LogP contribution is -2.47. The second kappa shape index (κ2) is 11.6. The fourth-order valence-corrected chi connectivity index (χ4v) is 3.91. The van der Waals surface area contributed by atoms with Crippen LogP contribution < -0.4 is 24.3 Å². The maximum Gasteiger partial charge on any atom is 0.322 e. The van der Waals surface area contributed by atoms with Gasteiger partial charge in [-0.25, -0.2) is 4.79 Å². The number of ether oxygens (including phenoxy) is 4. The topological polar surface area (TPSA) is 103 Å². The van der Waals surface area contributed by atoms with Crippen LogP contribution in [-0.2, 0) is 17.9 Å². The largest absolute Gasteiger partial charge is 0.497 e. The van der Waals surface area contributed by atoms with Crippen molar-refractivity contribution in [2.24, 2.45) is 0 Å². The molecule has 37 heavy (non-hydrogen) atoms. The van der Waals surface area contributed by atoms with E-state index in [0.29, 0.717) is 41.0 Å². The Kier molecular flexibility index (Phi) is 8.07. The average molecular weight is 510 g/mol. The maximum atomic E-state index is 13.6. The van der Waals surface area contributed by atoms with E-state index in [1.54, 1.807) is 42.5 Å². The Morgan fingerprint density at radius 3 is 2.51 bits per heavy atom. The number of urea groups is 1. The van der Waals surface area contributed by atoms with Crippen molar-refractivity contribution in [1.82, 2.24) is 9.80 Å². The van der Waals surface area contributed by atoms with Crippen molar-refractivity contribution in [2.45, 2.75) is 33.0 Å². The molecule has 0 fully saturated rings. The number of furan rings is 1. The van der Waals surface area contributed by atoms with Gasteiger partial charge in [-0.1, -0.05) is 6.07 Å². The highest BCUT2D eigenvalue weighted by molar-refractivity contribution is 5.94. The van der Waals surface area contributed by atoms with Crippen molar-refractivity contribution in [1.29, 1.82) is 0 Å². The molecule has 0 atom stereocenters. The summed E-state index contributed by atoms with van der Waals surface area (Å²) in [4.78, 5) is 29.9. The third-order valence-electron chi connectivity index (χ3n) is 5.93. The van der Waals surface area contributed by atoms with E-state index in [1.165, 1.54) is 12.0 Å². The average Bonchev–Trinajstić information content (AvgIpc) is 3.58. The van der Waals surface area contributed by atoms with Crippen molar-refractivity contribution < 1.29 is 33.0 Å². The predicted molar refractivity (Wildman–Crippen MR) is 136 cm³/mol. The van der Waals surface area contributed by atoms with Crippen LogP contribution in [0, 0.1) is 0 Å². The number of rotatable bonds is 10. The SMILES string of the molecule is COc1ccc(NC(=O)N(CC(=O)N(Cc2ccc3c(c2)OCO3)Cc2ccco2)C(C)C)c(OC)c1.